The minimum atomic E-state index is -3.53. The monoisotopic (exact) mass is 541 g/mol. The fourth-order valence-electron chi connectivity index (χ4n) is 4.32. The highest BCUT2D eigenvalue weighted by atomic mass is 32.1. The summed E-state index contributed by atoms with van der Waals surface area (Å²) in [6, 6.07) is 15.9. The zero-order valence-electron chi connectivity index (χ0n) is 21.0. The number of para-hydroxylation sites is 1. The first-order valence-electron chi connectivity index (χ1n) is 12.5. The van der Waals surface area contributed by atoms with Crippen LogP contribution in [0.3, 0.4) is 0 Å². The van der Waals surface area contributed by atoms with Crippen LogP contribution in [0.2, 0.25) is 0 Å². The number of benzene rings is 2. The maximum absolute atomic E-state index is 14.6. The van der Waals surface area contributed by atoms with Gasteiger partial charge in [0.2, 0.25) is 0 Å². The minimum Gasteiger partial charge on any atom is -0.465 e. The fourth-order valence-corrected chi connectivity index (χ4v) is 7.80. The summed E-state index contributed by atoms with van der Waals surface area (Å²) >= 11 is 1.34. The van der Waals surface area contributed by atoms with E-state index in [0.717, 1.165) is 34.9 Å². The zero-order chi connectivity index (χ0) is 26.3. The summed E-state index contributed by atoms with van der Waals surface area (Å²) in [6.45, 7) is 6.59. The van der Waals surface area contributed by atoms with E-state index in [2.05, 4.69) is 6.58 Å². The van der Waals surface area contributed by atoms with Gasteiger partial charge in [0.15, 0.2) is 0 Å². The lowest BCUT2D eigenvalue weighted by atomic mass is 10.2. The molecular formula is C28H32NO6PS. The molecule has 1 saturated heterocycles. The van der Waals surface area contributed by atoms with Crippen molar-refractivity contribution < 1.29 is 28.2 Å². The molecule has 9 heteroatoms. The number of unbranched alkanes of at least 4 members (excludes halogenated alkanes) is 1. The lowest BCUT2D eigenvalue weighted by molar-refractivity contribution is -0.147. The molecule has 1 aliphatic rings. The Kier molecular flexibility index (Phi) is 9.19. The van der Waals surface area contributed by atoms with Crippen molar-refractivity contribution in [1.82, 2.24) is 4.67 Å². The van der Waals surface area contributed by atoms with Gasteiger partial charge in [-0.15, -0.1) is 11.3 Å². The van der Waals surface area contributed by atoms with E-state index < -0.39 is 19.5 Å². The number of nitrogens with zero attached hydrogens (tertiary/aromatic N) is 1. The molecule has 0 spiro atoms. The van der Waals surface area contributed by atoms with Crippen LogP contribution in [0.5, 0.6) is 5.75 Å². The summed E-state index contributed by atoms with van der Waals surface area (Å²) in [5.74, 6) is -0.263. The number of carbonyl (C=O) groups excluding carboxylic acids is 2. The standard InChI is InChI=1S/C28H32NO6PS/c1-3-5-17-34-27(30)24-12-9-15-29(24)36(32,35-23-10-7-6-8-11-23)20-21-13-14-25-22(18-21)19-26(37-25)28(31)33-16-4-2/h4,6-8,10-11,13-14,18-19,24H,2-3,5,9,12,15-17,20H2,1H3/t24-,36?/m0/s1. The van der Waals surface area contributed by atoms with Crippen LogP contribution in [0, 0.1) is 0 Å². The molecule has 0 bridgehead atoms. The Morgan fingerprint density at radius 2 is 1.97 bits per heavy atom. The number of esters is 2. The first kappa shape index (κ1) is 27.1. The number of rotatable bonds is 12. The van der Waals surface area contributed by atoms with E-state index in [-0.39, 0.29) is 18.7 Å². The molecule has 0 saturated carbocycles. The molecule has 0 aliphatic carbocycles. The Hall–Kier alpha value is -2.93. The maximum atomic E-state index is 14.6. The van der Waals surface area contributed by atoms with Crippen molar-refractivity contribution in [2.75, 3.05) is 19.8 Å². The lowest BCUT2D eigenvalue weighted by Crippen LogP contribution is -2.37. The second-order valence-electron chi connectivity index (χ2n) is 8.91. The highest BCUT2D eigenvalue weighted by Gasteiger charge is 2.45. The van der Waals surface area contributed by atoms with E-state index in [1.807, 2.05) is 43.3 Å². The van der Waals surface area contributed by atoms with Crippen molar-refractivity contribution in [2.45, 2.75) is 44.8 Å². The zero-order valence-corrected chi connectivity index (χ0v) is 22.7. The second kappa shape index (κ2) is 12.5. The van der Waals surface area contributed by atoms with Crippen molar-refractivity contribution in [3.05, 3.63) is 77.7 Å². The average Bonchev–Trinajstić information content (AvgIpc) is 3.56. The van der Waals surface area contributed by atoms with E-state index in [1.165, 1.54) is 17.4 Å². The van der Waals surface area contributed by atoms with Crippen molar-refractivity contribution in [3.8, 4) is 5.75 Å². The van der Waals surface area contributed by atoms with Gasteiger partial charge < -0.3 is 14.0 Å². The van der Waals surface area contributed by atoms with Crippen LogP contribution >= 0.6 is 18.9 Å². The number of fused-ring (bicyclic) bond motifs is 1. The van der Waals surface area contributed by atoms with Crippen LogP contribution in [-0.4, -0.2) is 42.4 Å². The molecule has 1 aliphatic heterocycles. The molecule has 0 amide bonds. The van der Waals surface area contributed by atoms with E-state index in [0.29, 0.717) is 30.2 Å². The van der Waals surface area contributed by atoms with Crippen molar-refractivity contribution in [1.29, 1.82) is 0 Å². The molecule has 3 aromatic rings. The molecule has 37 heavy (non-hydrogen) atoms. The lowest BCUT2D eigenvalue weighted by Gasteiger charge is -2.31. The summed E-state index contributed by atoms with van der Waals surface area (Å²) in [6.07, 6.45) is 4.67. The number of carbonyl (C=O) groups is 2. The van der Waals surface area contributed by atoms with Crippen LogP contribution in [0.1, 0.15) is 47.8 Å². The first-order valence-corrected chi connectivity index (χ1v) is 15.1. The van der Waals surface area contributed by atoms with Crippen LogP contribution in [-0.2, 0) is 25.0 Å². The summed E-state index contributed by atoms with van der Waals surface area (Å²) < 4.78 is 34.1. The maximum Gasteiger partial charge on any atom is 0.348 e. The van der Waals surface area contributed by atoms with Crippen molar-refractivity contribution in [3.63, 3.8) is 0 Å². The van der Waals surface area contributed by atoms with Crippen LogP contribution in [0.25, 0.3) is 10.1 Å². The van der Waals surface area contributed by atoms with Gasteiger partial charge in [-0.3, -0.25) is 9.36 Å². The molecule has 0 radical (unpaired) electrons. The van der Waals surface area contributed by atoms with Gasteiger partial charge in [0, 0.05) is 11.2 Å². The van der Waals surface area contributed by atoms with Crippen LogP contribution in [0.15, 0.2) is 67.3 Å². The predicted molar refractivity (Wildman–Crippen MR) is 146 cm³/mol. The minimum absolute atomic E-state index is 0.114. The number of ether oxygens (including phenoxy) is 2. The van der Waals surface area contributed by atoms with Gasteiger partial charge in [-0.25, -0.2) is 9.46 Å². The van der Waals surface area contributed by atoms with Gasteiger partial charge in [0.25, 0.3) is 0 Å². The molecule has 0 N–H and O–H groups in total. The summed E-state index contributed by atoms with van der Waals surface area (Å²) in [7, 11) is -3.53. The largest absolute Gasteiger partial charge is 0.465 e. The van der Waals surface area contributed by atoms with Gasteiger partial charge >= 0.3 is 19.5 Å². The fraction of sp³-hybridized carbons (Fsp3) is 0.357. The molecule has 196 valence electrons. The summed E-state index contributed by atoms with van der Waals surface area (Å²) in [4.78, 5) is 25.7. The molecular weight excluding hydrogens is 509 g/mol. The molecule has 2 heterocycles. The molecule has 2 atom stereocenters. The van der Waals surface area contributed by atoms with E-state index >= 15 is 0 Å². The van der Waals surface area contributed by atoms with E-state index in [9.17, 15) is 14.2 Å². The third-order valence-electron chi connectivity index (χ3n) is 6.12. The average molecular weight is 542 g/mol. The SMILES string of the molecule is C=CCOC(=O)c1cc2cc(CP(=O)(Oc3ccccc3)N3CCC[C@H]3C(=O)OCCCC)ccc2s1. The molecule has 1 unspecified atom stereocenters. The van der Waals surface area contributed by atoms with Crippen LogP contribution in [0.4, 0.5) is 0 Å². The third kappa shape index (κ3) is 6.69. The summed E-state index contributed by atoms with van der Waals surface area (Å²) in [5.41, 5.74) is 0.792. The smallest absolute Gasteiger partial charge is 0.348 e. The Labute approximate surface area is 221 Å². The highest BCUT2D eigenvalue weighted by Crippen LogP contribution is 2.57. The topological polar surface area (TPSA) is 82.1 Å². The van der Waals surface area contributed by atoms with Gasteiger partial charge in [0.1, 0.15) is 23.3 Å². The molecule has 1 fully saturated rings. The van der Waals surface area contributed by atoms with E-state index in [4.69, 9.17) is 14.0 Å². The number of thiophene rings is 1. The van der Waals surface area contributed by atoms with Gasteiger partial charge in [-0.2, -0.15) is 0 Å². The Balaban J connectivity index is 1.61. The highest BCUT2D eigenvalue weighted by molar-refractivity contribution is 7.56. The quantitative estimate of drug-likeness (QED) is 0.108. The Morgan fingerprint density at radius 1 is 1.16 bits per heavy atom. The Morgan fingerprint density at radius 3 is 2.73 bits per heavy atom. The third-order valence-corrected chi connectivity index (χ3v) is 9.74. The van der Waals surface area contributed by atoms with Crippen molar-refractivity contribution >= 4 is 40.9 Å². The second-order valence-corrected chi connectivity index (χ2v) is 12.3. The van der Waals surface area contributed by atoms with Gasteiger partial charge in [0.05, 0.1) is 12.8 Å². The first-order chi connectivity index (χ1) is 17.9. The predicted octanol–water partition coefficient (Wildman–Crippen LogP) is 6.82. The Bertz CT molecular complexity index is 1290. The van der Waals surface area contributed by atoms with Gasteiger partial charge in [-0.1, -0.05) is 50.3 Å². The number of hydrogen-bond acceptors (Lipinski definition) is 7. The van der Waals surface area contributed by atoms with Gasteiger partial charge in [-0.05, 0) is 60.5 Å². The molecule has 2 aromatic carbocycles. The van der Waals surface area contributed by atoms with Crippen LogP contribution < -0.4 is 4.52 Å². The molecule has 7 nitrogen and oxygen atoms in total. The summed E-state index contributed by atoms with van der Waals surface area (Å²) in [5, 5.41) is 0.858. The molecule has 4 rings (SSSR count). The van der Waals surface area contributed by atoms with E-state index in [1.54, 1.807) is 22.9 Å². The number of hydrogen-bond donors (Lipinski definition) is 0. The van der Waals surface area contributed by atoms with Crippen molar-refractivity contribution in [2.24, 2.45) is 0 Å². The molecule has 1 aromatic heterocycles. The normalized spacial score (nSPS) is 17.3.